The number of amides is 1. The van der Waals surface area contributed by atoms with Crippen LogP contribution in [0.5, 0.6) is 0 Å². The second kappa shape index (κ2) is 6.09. The maximum atomic E-state index is 12.3. The zero-order chi connectivity index (χ0) is 13.0. The molecule has 1 amide bonds. The number of ether oxygens (including phenoxy) is 2. The largest absolute Gasteiger partial charge is 0.494 e. The molecule has 0 bridgehead atoms. The van der Waals surface area contributed by atoms with E-state index in [4.69, 9.17) is 15.2 Å². The van der Waals surface area contributed by atoms with Gasteiger partial charge in [0, 0.05) is 19.1 Å². The Hall–Kier alpha value is -1.23. The molecule has 2 rings (SSSR count). The Morgan fingerprint density at radius 3 is 3.00 bits per heavy atom. The number of hydrogen-bond acceptors (Lipinski definition) is 4. The van der Waals surface area contributed by atoms with Crippen LogP contribution in [0.25, 0.3) is 0 Å². The Bertz CT molecular complexity index is 330. The van der Waals surface area contributed by atoms with Crippen LogP contribution in [-0.2, 0) is 14.3 Å². The van der Waals surface area contributed by atoms with Crippen LogP contribution >= 0.6 is 0 Å². The fourth-order valence-electron chi connectivity index (χ4n) is 2.62. The summed E-state index contributed by atoms with van der Waals surface area (Å²) in [5, 5.41) is 0. The number of nitrogens with two attached hydrogens (primary N) is 1. The van der Waals surface area contributed by atoms with Gasteiger partial charge in [0.05, 0.1) is 0 Å². The van der Waals surface area contributed by atoms with E-state index >= 15 is 0 Å². The summed E-state index contributed by atoms with van der Waals surface area (Å²) in [6.07, 6.45) is 4.62. The molecular formula is C13H22N2O3. The van der Waals surface area contributed by atoms with Crippen molar-refractivity contribution in [1.29, 1.82) is 0 Å². The monoisotopic (exact) mass is 254 g/mol. The van der Waals surface area contributed by atoms with Gasteiger partial charge in [0.15, 0.2) is 0 Å². The topological polar surface area (TPSA) is 64.8 Å². The van der Waals surface area contributed by atoms with Gasteiger partial charge in [0.2, 0.25) is 5.76 Å². The van der Waals surface area contributed by atoms with Crippen LogP contribution in [-0.4, -0.2) is 43.2 Å². The van der Waals surface area contributed by atoms with Gasteiger partial charge >= 0.3 is 0 Å². The van der Waals surface area contributed by atoms with Gasteiger partial charge in [0.25, 0.3) is 5.91 Å². The van der Waals surface area contributed by atoms with Crippen molar-refractivity contribution in [3.8, 4) is 0 Å². The number of carbonyl (C=O) groups excluding carboxylic acids is 1. The van der Waals surface area contributed by atoms with Crippen molar-refractivity contribution < 1.29 is 14.3 Å². The Balaban J connectivity index is 2.02. The molecule has 2 heterocycles. The van der Waals surface area contributed by atoms with Crippen molar-refractivity contribution in [2.75, 3.05) is 26.3 Å². The molecule has 2 atom stereocenters. The first-order chi connectivity index (χ1) is 8.76. The van der Waals surface area contributed by atoms with Gasteiger partial charge in [-0.15, -0.1) is 0 Å². The molecule has 0 spiro atoms. The Kier molecular flexibility index (Phi) is 4.47. The summed E-state index contributed by atoms with van der Waals surface area (Å²) in [6.45, 7) is 4.41. The normalized spacial score (nSPS) is 28.1. The zero-order valence-corrected chi connectivity index (χ0v) is 10.9. The van der Waals surface area contributed by atoms with Crippen LogP contribution in [0.15, 0.2) is 12.0 Å². The fraction of sp³-hybridized carbons (Fsp3) is 0.769. The second-order valence-corrected chi connectivity index (χ2v) is 4.89. The average Bonchev–Trinajstić information content (AvgIpc) is 2.46. The highest BCUT2D eigenvalue weighted by atomic mass is 16.6. The fourth-order valence-corrected chi connectivity index (χ4v) is 2.62. The molecule has 102 valence electrons. The van der Waals surface area contributed by atoms with Gasteiger partial charge < -0.3 is 20.1 Å². The summed E-state index contributed by atoms with van der Waals surface area (Å²) < 4.78 is 10.5. The highest BCUT2D eigenvalue weighted by Crippen LogP contribution is 2.26. The SMILES string of the molecule is CCC1CCN(C(=O)C2=COCCO2)C(CN)C1. The van der Waals surface area contributed by atoms with Gasteiger partial charge in [-0.3, -0.25) is 4.79 Å². The average molecular weight is 254 g/mol. The quantitative estimate of drug-likeness (QED) is 0.811. The van der Waals surface area contributed by atoms with Crippen LogP contribution in [0.3, 0.4) is 0 Å². The lowest BCUT2D eigenvalue weighted by atomic mass is 9.89. The number of nitrogens with zero attached hydrogens (tertiary/aromatic N) is 1. The minimum absolute atomic E-state index is 0.0836. The van der Waals surface area contributed by atoms with Crippen LogP contribution in [0.4, 0.5) is 0 Å². The lowest BCUT2D eigenvalue weighted by molar-refractivity contribution is -0.136. The van der Waals surface area contributed by atoms with Gasteiger partial charge in [-0.05, 0) is 18.8 Å². The van der Waals surface area contributed by atoms with E-state index in [0.29, 0.717) is 31.4 Å². The third-order valence-electron chi connectivity index (χ3n) is 3.79. The van der Waals surface area contributed by atoms with E-state index in [9.17, 15) is 4.79 Å². The number of rotatable bonds is 3. The van der Waals surface area contributed by atoms with Crippen molar-refractivity contribution in [3.05, 3.63) is 12.0 Å². The molecule has 0 aromatic rings. The van der Waals surface area contributed by atoms with Crippen molar-refractivity contribution >= 4 is 5.91 Å². The summed E-state index contributed by atoms with van der Waals surface area (Å²) in [6, 6.07) is 0.127. The summed E-state index contributed by atoms with van der Waals surface area (Å²) in [7, 11) is 0. The highest BCUT2D eigenvalue weighted by Gasteiger charge is 2.32. The van der Waals surface area contributed by atoms with Crippen LogP contribution in [0.2, 0.25) is 0 Å². The van der Waals surface area contributed by atoms with Gasteiger partial charge in [-0.25, -0.2) is 0 Å². The third kappa shape index (κ3) is 2.77. The van der Waals surface area contributed by atoms with Crippen LogP contribution in [0, 0.1) is 5.92 Å². The molecule has 2 N–H and O–H groups in total. The van der Waals surface area contributed by atoms with E-state index in [0.717, 1.165) is 25.8 Å². The standard InChI is InChI=1S/C13H22N2O3/c1-2-10-3-4-15(11(7-10)8-14)13(16)12-9-17-5-6-18-12/h9-11H,2-8,14H2,1H3. The van der Waals surface area contributed by atoms with E-state index in [1.54, 1.807) is 0 Å². The zero-order valence-electron chi connectivity index (χ0n) is 10.9. The summed E-state index contributed by atoms with van der Waals surface area (Å²) in [4.78, 5) is 14.2. The minimum Gasteiger partial charge on any atom is -0.494 e. The molecule has 1 fully saturated rings. The lowest BCUT2D eigenvalue weighted by Crippen LogP contribution is -2.50. The molecule has 0 radical (unpaired) electrons. The maximum Gasteiger partial charge on any atom is 0.292 e. The number of hydrogen-bond donors (Lipinski definition) is 1. The molecule has 18 heavy (non-hydrogen) atoms. The highest BCUT2D eigenvalue weighted by molar-refractivity contribution is 5.91. The number of piperidine rings is 1. The van der Waals surface area contributed by atoms with Gasteiger partial charge in [0.1, 0.15) is 19.5 Å². The number of likely N-dealkylation sites (tertiary alicyclic amines) is 1. The summed E-state index contributed by atoms with van der Waals surface area (Å²) in [5.74, 6) is 0.912. The first kappa shape index (κ1) is 13.2. The molecule has 0 aromatic heterocycles. The molecule has 5 nitrogen and oxygen atoms in total. The number of carbonyl (C=O) groups is 1. The molecule has 2 aliphatic rings. The Labute approximate surface area is 108 Å². The summed E-state index contributed by atoms with van der Waals surface area (Å²) in [5.41, 5.74) is 5.79. The van der Waals surface area contributed by atoms with Gasteiger partial charge in [-0.1, -0.05) is 13.3 Å². The van der Waals surface area contributed by atoms with E-state index in [-0.39, 0.29) is 11.9 Å². The van der Waals surface area contributed by atoms with Crippen molar-refractivity contribution in [2.45, 2.75) is 32.2 Å². The Morgan fingerprint density at radius 2 is 2.39 bits per heavy atom. The third-order valence-corrected chi connectivity index (χ3v) is 3.79. The van der Waals surface area contributed by atoms with E-state index in [1.165, 1.54) is 6.26 Å². The first-order valence-electron chi connectivity index (χ1n) is 6.71. The molecule has 0 aromatic carbocycles. The van der Waals surface area contributed by atoms with Crippen molar-refractivity contribution in [2.24, 2.45) is 11.7 Å². The predicted octanol–water partition coefficient (Wildman–Crippen LogP) is 0.850. The van der Waals surface area contributed by atoms with E-state index in [1.807, 2.05) is 4.90 Å². The molecule has 0 aliphatic carbocycles. The molecule has 1 saturated heterocycles. The second-order valence-electron chi connectivity index (χ2n) is 4.89. The minimum atomic E-state index is -0.0836. The molecule has 5 heteroatoms. The maximum absolute atomic E-state index is 12.3. The van der Waals surface area contributed by atoms with Gasteiger partial charge in [-0.2, -0.15) is 0 Å². The van der Waals surface area contributed by atoms with Crippen LogP contribution in [0.1, 0.15) is 26.2 Å². The molecule has 2 aliphatic heterocycles. The lowest BCUT2D eigenvalue weighted by Gasteiger charge is -2.39. The predicted molar refractivity (Wildman–Crippen MR) is 67.6 cm³/mol. The Morgan fingerprint density at radius 1 is 1.56 bits per heavy atom. The van der Waals surface area contributed by atoms with Crippen molar-refractivity contribution in [3.63, 3.8) is 0 Å². The van der Waals surface area contributed by atoms with E-state index in [2.05, 4.69) is 6.92 Å². The van der Waals surface area contributed by atoms with Crippen molar-refractivity contribution in [1.82, 2.24) is 4.90 Å². The molecule has 2 unspecified atom stereocenters. The summed E-state index contributed by atoms with van der Waals surface area (Å²) >= 11 is 0. The first-order valence-corrected chi connectivity index (χ1v) is 6.71. The van der Waals surface area contributed by atoms with Crippen LogP contribution < -0.4 is 5.73 Å². The molecular weight excluding hydrogens is 232 g/mol. The van der Waals surface area contributed by atoms with E-state index < -0.39 is 0 Å². The molecule has 0 saturated carbocycles. The smallest absolute Gasteiger partial charge is 0.292 e.